The standard InChI is InChI=1S/C16H19NO4S2/c1-12-3-5-13(6-4-12)11-21-16(18)15-8-7-14(22-15)9-10-17-23(2,19)20/h3-8,17H,9-11H2,1-2H3. The van der Waals surface area contributed by atoms with E-state index in [9.17, 15) is 13.2 Å². The molecule has 0 saturated carbocycles. The fourth-order valence-electron chi connectivity index (χ4n) is 1.89. The van der Waals surface area contributed by atoms with E-state index in [0.29, 0.717) is 17.8 Å². The molecule has 7 heteroatoms. The predicted octanol–water partition coefficient (Wildman–Crippen LogP) is 2.51. The molecule has 124 valence electrons. The van der Waals surface area contributed by atoms with E-state index in [1.54, 1.807) is 6.07 Å². The smallest absolute Gasteiger partial charge is 0.348 e. The molecule has 0 spiro atoms. The Morgan fingerprint density at radius 2 is 1.87 bits per heavy atom. The van der Waals surface area contributed by atoms with Crippen molar-refractivity contribution in [2.75, 3.05) is 12.8 Å². The first kappa shape index (κ1) is 17.7. The number of ether oxygens (including phenoxy) is 1. The molecular formula is C16H19NO4S2. The second-order valence-electron chi connectivity index (χ2n) is 5.24. The molecule has 1 heterocycles. The van der Waals surface area contributed by atoms with Crippen molar-refractivity contribution in [2.45, 2.75) is 20.0 Å². The lowest BCUT2D eigenvalue weighted by molar-refractivity contribution is 0.0478. The van der Waals surface area contributed by atoms with Crippen LogP contribution in [0.3, 0.4) is 0 Å². The van der Waals surface area contributed by atoms with Crippen LogP contribution in [-0.4, -0.2) is 27.2 Å². The highest BCUT2D eigenvalue weighted by Gasteiger charge is 2.11. The second-order valence-corrected chi connectivity index (χ2v) is 8.25. The molecule has 1 aromatic carbocycles. The predicted molar refractivity (Wildman–Crippen MR) is 91.2 cm³/mol. The van der Waals surface area contributed by atoms with Crippen molar-refractivity contribution >= 4 is 27.3 Å². The number of carbonyl (C=O) groups is 1. The van der Waals surface area contributed by atoms with E-state index in [4.69, 9.17) is 4.74 Å². The van der Waals surface area contributed by atoms with Gasteiger partial charge in [0, 0.05) is 11.4 Å². The summed E-state index contributed by atoms with van der Waals surface area (Å²) in [6, 6.07) is 11.3. The topological polar surface area (TPSA) is 72.5 Å². The highest BCUT2D eigenvalue weighted by atomic mass is 32.2. The van der Waals surface area contributed by atoms with Crippen molar-refractivity contribution in [3.63, 3.8) is 0 Å². The number of benzene rings is 1. The van der Waals surface area contributed by atoms with Gasteiger partial charge in [-0.3, -0.25) is 0 Å². The molecule has 1 N–H and O–H groups in total. The first-order chi connectivity index (χ1) is 10.8. The Labute approximate surface area is 140 Å². The number of rotatable bonds is 7. The summed E-state index contributed by atoms with van der Waals surface area (Å²) in [5.74, 6) is -0.363. The molecule has 0 bridgehead atoms. The highest BCUT2D eigenvalue weighted by molar-refractivity contribution is 7.88. The summed E-state index contributed by atoms with van der Waals surface area (Å²) in [6.07, 6.45) is 1.66. The molecule has 0 aliphatic carbocycles. The van der Waals surface area contributed by atoms with E-state index in [2.05, 4.69) is 4.72 Å². The minimum absolute atomic E-state index is 0.238. The average Bonchev–Trinajstić information content (AvgIpc) is 2.94. The Hall–Kier alpha value is -1.70. The second kappa shape index (κ2) is 7.72. The van der Waals surface area contributed by atoms with E-state index >= 15 is 0 Å². The molecule has 0 amide bonds. The van der Waals surface area contributed by atoms with E-state index in [1.165, 1.54) is 11.3 Å². The van der Waals surface area contributed by atoms with Gasteiger partial charge in [-0.1, -0.05) is 29.8 Å². The van der Waals surface area contributed by atoms with Crippen molar-refractivity contribution in [3.8, 4) is 0 Å². The fourth-order valence-corrected chi connectivity index (χ4v) is 3.26. The van der Waals surface area contributed by atoms with Gasteiger partial charge >= 0.3 is 5.97 Å². The van der Waals surface area contributed by atoms with Gasteiger partial charge in [0.05, 0.1) is 6.26 Å². The van der Waals surface area contributed by atoms with Crippen LogP contribution in [0.4, 0.5) is 0 Å². The van der Waals surface area contributed by atoms with Crippen molar-refractivity contribution in [3.05, 3.63) is 57.3 Å². The molecule has 0 fully saturated rings. The Balaban J connectivity index is 1.84. The van der Waals surface area contributed by atoms with Crippen LogP contribution in [0.25, 0.3) is 0 Å². The highest BCUT2D eigenvalue weighted by Crippen LogP contribution is 2.18. The summed E-state index contributed by atoms with van der Waals surface area (Å²) in [4.78, 5) is 13.5. The number of hydrogen-bond donors (Lipinski definition) is 1. The zero-order valence-corrected chi connectivity index (χ0v) is 14.7. The molecule has 2 aromatic rings. The van der Waals surface area contributed by atoms with Crippen LogP contribution >= 0.6 is 11.3 Å². The number of esters is 1. The Kier molecular flexibility index (Phi) is 5.92. The maximum Gasteiger partial charge on any atom is 0.348 e. The summed E-state index contributed by atoms with van der Waals surface area (Å²) in [5, 5.41) is 0. The fraction of sp³-hybridized carbons (Fsp3) is 0.312. The molecule has 5 nitrogen and oxygen atoms in total. The number of carbonyl (C=O) groups excluding carboxylic acids is 1. The minimum Gasteiger partial charge on any atom is -0.457 e. The molecular weight excluding hydrogens is 334 g/mol. The SMILES string of the molecule is Cc1ccc(COC(=O)c2ccc(CCNS(C)(=O)=O)s2)cc1. The molecule has 23 heavy (non-hydrogen) atoms. The monoisotopic (exact) mass is 353 g/mol. The largest absolute Gasteiger partial charge is 0.457 e. The number of nitrogens with one attached hydrogen (secondary N) is 1. The molecule has 2 rings (SSSR count). The lowest BCUT2D eigenvalue weighted by atomic mass is 10.2. The van der Waals surface area contributed by atoms with Crippen molar-refractivity contribution in [1.29, 1.82) is 0 Å². The molecule has 0 unspecified atom stereocenters. The molecule has 0 aliphatic heterocycles. The van der Waals surface area contributed by atoms with Crippen molar-refractivity contribution < 1.29 is 17.9 Å². The van der Waals surface area contributed by atoms with Gasteiger partial charge in [0.1, 0.15) is 11.5 Å². The van der Waals surface area contributed by atoms with Crippen LogP contribution in [0.2, 0.25) is 0 Å². The van der Waals surface area contributed by atoms with E-state index in [1.807, 2.05) is 37.3 Å². The zero-order chi connectivity index (χ0) is 16.9. The molecule has 0 radical (unpaired) electrons. The normalized spacial score (nSPS) is 11.4. The lowest BCUT2D eigenvalue weighted by Crippen LogP contribution is -2.23. The third kappa shape index (κ3) is 6.13. The third-order valence-corrected chi connectivity index (χ3v) is 4.94. The quantitative estimate of drug-likeness (QED) is 0.776. The first-order valence-electron chi connectivity index (χ1n) is 7.09. The van der Waals surface area contributed by atoms with Crippen LogP contribution in [-0.2, 0) is 27.8 Å². The molecule has 0 saturated heterocycles. The van der Waals surface area contributed by atoms with Gasteiger partial charge in [-0.05, 0) is 31.0 Å². The maximum absolute atomic E-state index is 12.0. The Morgan fingerprint density at radius 1 is 1.17 bits per heavy atom. The van der Waals surface area contributed by atoms with Gasteiger partial charge in [-0.15, -0.1) is 11.3 Å². The summed E-state index contributed by atoms with van der Waals surface area (Å²) in [7, 11) is -3.18. The van der Waals surface area contributed by atoms with Gasteiger partial charge in [0.15, 0.2) is 0 Å². The summed E-state index contributed by atoms with van der Waals surface area (Å²) in [6.45, 7) is 2.56. The van der Waals surface area contributed by atoms with Gasteiger partial charge in [0.25, 0.3) is 0 Å². The summed E-state index contributed by atoms with van der Waals surface area (Å²) >= 11 is 1.32. The van der Waals surface area contributed by atoms with Crippen LogP contribution < -0.4 is 4.72 Å². The molecule has 0 aliphatic rings. The van der Waals surface area contributed by atoms with E-state index in [-0.39, 0.29) is 12.6 Å². The molecule has 0 atom stereocenters. The van der Waals surface area contributed by atoms with Crippen LogP contribution in [0.15, 0.2) is 36.4 Å². The van der Waals surface area contributed by atoms with Crippen molar-refractivity contribution in [1.82, 2.24) is 4.72 Å². The number of thiophene rings is 1. The van der Waals surface area contributed by atoms with Crippen LogP contribution in [0.1, 0.15) is 25.7 Å². The van der Waals surface area contributed by atoms with Gasteiger partial charge in [0.2, 0.25) is 10.0 Å². The summed E-state index contributed by atoms with van der Waals surface area (Å²) in [5.41, 5.74) is 2.10. The van der Waals surface area contributed by atoms with E-state index < -0.39 is 10.0 Å². The zero-order valence-electron chi connectivity index (χ0n) is 13.0. The van der Waals surface area contributed by atoms with Gasteiger partial charge in [-0.2, -0.15) is 0 Å². The van der Waals surface area contributed by atoms with Crippen molar-refractivity contribution in [2.24, 2.45) is 0 Å². The van der Waals surface area contributed by atoms with E-state index in [0.717, 1.165) is 22.3 Å². The van der Waals surface area contributed by atoms with Gasteiger partial charge in [-0.25, -0.2) is 17.9 Å². The maximum atomic E-state index is 12.0. The Bertz CT molecular complexity index is 764. The first-order valence-corrected chi connectivity index (χ1v) is 9.80. The average molecular weight is 353 g/mol. The molecule has 1 aromatic heterocycles. The van der Waals surface area contributed by atoms with Crippen LogP contribution in [0.5, 0.6) is 0 Å². The van der Waals surface area contributed by atoms with Gasteiger partial charge < -0.3 is 4.74 Å². The van der Waals surface area contributed by atoms with Crippen LogP contribution in [0, 0.1) is 6.92 Å². The lowest BCUT2D eigenvalue weighted by Gasteiger charge is -2.04. The number of aryl methyl sites for hydroxylation is 1. The number of sulfonamides is 1. The Morgan fingerprint density at radius 3 is 2.52 bits per heavy atom. The minimum atomic E-state index is -3.18. The summed E-state index contributed by atoms with van der Waals surface area (Å²) < 4.78 is 29.7. The third-order valence-electron chi connectivity index (χ3n) is 3.09. The number of hydrogen-bond acceptors (Lipinski definition) is 5.